The predicted molar refractivity (Wildman–Crippen MR) is 115 cm³/mol. The molecule has 1 aromatic carbocycles. The second-order valence-corrected chi connectivity index (χ2v) is 8.14. The predicted octanol–water partition coefficient (Wildman–Crippen LogP) is 1.40. The number of nitrogens with zero attached hydrogens (tertiary/aromatic N) is 2. The van der Waals surface area contributed by atoms with Gasteiger partial charge in [-0.1, -0.05) is 6.07 Å². The number of amides is 2. The summed E-state index contributed by atoms with van der Waals surface area (Å²) in [6, 6.07) is 4.98. The number of benzene rings is 1. The second-order valence-electron chi connectivity index (χ2n) is 7.10. The van der Waals surface area contributed by atoms with Crippen molar-refractivity contribution >= 4 is 29.5 Å². The van der Waals surface area contributed by atoms with Crippen molar-refractivity contribution < 1.29 is 9.59 Å². The molecule has 3 rings (SSSR count). The lowest BCUT2D eigenvalue weighted by Crippen LogP contribution is -2.42. The van der Waals surface area contributed by atoms with Gasteiger partial charge in [-0.25, -0.2) is 9.97 Å². The maximum absolute atomic E-state index is 12.7. The maximum Gasteiger partial charge on any atom is 0.251 e. The van der Waals surface area contributed by atoms with Gasteiger partial charge >= 0.3 is 0 Å². The number of nitrogen functional groups attached to an aromatic ring is 1. The zero-order chi connectivity index (χ0) is 21.0. The van der Waals surface area contributed by atoms with Crippen molar-refractivity contribution in [1.82, 2.24) is 20.6 Å². The highest BCUT2D eigenvalue weighted by atomic mass is 32.2. The highest BCUT2D eigenvalue weighted by Gasteiger charge is 2.17. The van der Waals surface area contributed by atoms with Crippen molar-refractivity contribution in [2.24, 2.45) is 5.73 Å². The van der Waals surface area contributed by atoms with Crippen LogP contribution in [0.1, 0.15) is 34.3 Å². The summed E-state index contributed by atoms with van der Waals surface area (Å²) in [4.78, 5) is 33.4. The van der Waals surface area contributed by atoms with Gasteiger partial charge in [-0.15, -0.1) is 11.8 Å². The average molecular weight is 415 g/mol. The zero-order valence-corrected chi connectivity index (χ0v) is 17.4. The smallest absolute Gasteiger partial charge is 0.251 e. The Morgan fingerprint density at radius 1 is 1.00 bits per heavy atom. The highest BCUT2D eigenvalue weighted by molar-refractivity contribution is 7.99. The fourth-order valence-corrected chi connectivity index (χ4v) is 4.02. The first kappa shape index (κ1) is 21.1. The Kier molecular flexibility index (Phi) is 6.71. The molecule has 0 saturated carbocycles. The molecule has 1 atom stereocenters. The Hall–Kier alpha value is -2.65. The highest BCUT2D eigenvalue weighted by Crippen LogP contribution is 2.29. The Morgan fingerprint density at radius 2 is 1.69 bits per heavy atom. The normalized spacial score (nSPS) is 18.5. The van der Waals surface area contributed by atoms with Crippen LogP contribution >= 0.6 is 11.8 Å². The minimum atomic E-state index is -0.650. The van der Waals surface area contributed by atoms with E-state index in [4.69, 9.17) is 11.5 Å². The quantitative estimate of drug-likeness (QED) is 0.478. The van der Waals surface area contributed by atoms with Gasteiger partial charge in [-0.3, -0.25) is 9.59 Å². The fraction of sp³-hybridized carbons (Fsp3) is 0.400. The summed E-state index contributed by atoms with van der Waals surface area (Å²) in [6.45, 7) is 4.94. The molecule has 0 saturated heterocycles. The number of carbonyl (C=O) groups excluding carboxylic acids is 2. The van der Waals surface area contributed by atoms with Gasteiger partial charge in [0.05, 0.1) is 11.7 Å². The van der Waals surface area contributed by atoms with Crippen LogP contribution in [0, 0.1) is 13.8 Å². The number of nitrogens with two attached hydrogens (primary N) is 2. The van der Waals surface area contributed by atoms with Crippen LogP contribution in [0.3, 0.4) is 0 Å². The van der Waals surface area contributed by atoms with Crippen molar-refractivity contribution in [1.29, 1.82) is 0 Å². The average Bonchev–Trinajstić information content (AvgIpc) is 2.67. The third-order valence-electron chi connectivity index (χ3n) is 4.75. The molecule has 9 heteroatoms. The lowest BCUT2D eigenvalue weighted by atomic mass is 9.97. The number of aromatic nitrogens is 2. The minimum absolute atomic E-state index is 0.129. The van der Waals surface area contributed by atoms with Crippen molar-refractivity contribution in [2.75, 3.05) is 24.6 Å². The van der Waals surface area contributed by atoms with Gasteiger partial charge < -0.3 is 22.1 Å². The van der Waals surface area contributed by atoms with E-state index in [9.17, 15) is 9.59 Å². The van der Waals surface area contributed by atoms with Crippen LogP contribution in [-0.4, -0.2) is 46.7 Å². The Morgan fingerprint density at radius 3 is 2.45 bits per heavy atom. The van der Waals surface area contributed by atoms with Crippen LogP contribution in [0.25, 0.3) is 11.3 Å². The molecule has 1 aliphatic heterocycles. The van der Waals surface area contributed by atoms with Crippen LogP contribution in [0.15, 0.2) is 23.2 Å². The van der Waals surface area contributed by atoms with Crippen LogP contribution in [-0.2, 0) is 4.79 Å². The van der Waals surface area contributed by atoms with Gasteiger partial charge in [-0.2, -0.15) is 0 Å². The molecule has 0 spiro atoms. The van der Waals surface area contributed by atoms with Crippen molar-refractivity contribution in [3.8, 4) is 11.3 Å². The standard InChI is InChI=1S/C20H26N6O2S/c1-11-7-12(2)14-8-13(11)16-9-17(26-20(22)25-16)29-10-15(21)19(28)24-6-4-3-5-23-18(14)27/h7-9,15H,3-6,10,21H2,1-2H3,(H,23,27)(H,24,28)(H2,22,25,26). The molecular weight excluding hydrogens is 388 g/mol. The molecular formula is C20H26N6O2S. The molecule has 0 radical (unpaired) electrons. The van der Waals surface area contributed by atoms with Gasteiger partial charge in [0.1, 0.15) is 5.03 Å². The molecule has 0 aliphatic carbocycles. The van der Waals surface area contributed by atoms with Gasteiger partial charge in [-0.05, 0) is 49.9 Å². The van der Waals surface area contributed by atoms with E-state index in [0.29, 0.717) is 35.1 Å². The van der Waals surface area contributed by atoms with E-state index in [1.165, 1.54) is 11.8 Å². The first-order valence-electron chi connectivity index (χ1n) is 9.55. The van der Waals surface area contributed by atoms with E-state index in [-0.39, 0.29) is 17.8 Å². The first-order chi connectivity index (χ1) is 13.8. The zero-order valence-electron chi connectivity index (χ0n) is 16.6. The largest absolute Gasteiger partial charge is 0.368 e. The number of thioether (sulfide) groups is 1. The summed E-state index contributed by atoms with van der Waals surface area (Å²) in [5.74, 6) is 0.175. The molecule has 0 fully saturated rings. The molecule has 4 bridgehead atoms. The van der Waals surface area contributed by atoms with Crippen LogP contribution < -0.4 is 22.1 Å². The number of aryl methyl sites for hydroxylation is 2. The summed E-state index contributed by atoms with van der Waals surface area (Å²) in [5, 5.41) is 6.41. The van der Waals surface area contributed by atoms with Crippen LogP contribution in [0.4, 0.5) is 5.95 Å². The molecule has 1 aromatic heterocycles. The van der Waals surface area contributed by atoms with Crippen LogP contribution in [0.5, 0.6) is 0 Å². The van der Waals surface area contributed by atoms with Crippen molar-refractivity contribution in [3.05, 3.63) is 34.9 Å². The number of hydrogen-bond acceptors (Lipinski definition) is 7. The van der Waals surface area contributed by atoms with Crippen molar-refractivity contribution in [2.45, 2.75) is 37.8 Å². The third kappa shape index (κ3) is 5.24. The summed E-state index contributed by atoms with van der Waals surface area (Å²) >= 11 is 1.35. The number of hydrogen-bond donors (Lipinski definition) is 4. The second kappa shape index (κ2) is 9.23. The molecule has 2 aromatic rings. The van der Waals surface area contributed by atoms with E-state index in [2.05, 4.69) is 20.6 Å². The summed E-state index contributed by atoms with van der Waals surface area (Å²) in [5.41, 5.74) is 15.9. The Bertz CT molecular complexity index is 933. The Labute approximate surface area is 174 Å². The molecule has 2 amide bonds. The van der Waals surface area contributed by atoms with Crippen molar-refractivity contribution in [3.63, 3.8) is 0 Å². The van der Waals surface area contributed by atoms with E-state index < -0.39 is 6.04 Å². The molecule has 2 heterocycles. The first-order valence-corrected chi connectivity index (χ1v) is 10.5. The van der Waals surface area contributed by atoms with Gasteiger partial charge in [0.15, 0.2) is 0 Å². The summed E-state index contributed by atoms with van der Waals surface area (Å²) < 4.78 is 0. The molecule has 1 unspecified atom stereocenters. The lowest BCUT2D eigenvalue weighted by Gasteiger charge is -2.13. The van der Waals surface area contributed by atoms with E-state index in [0.717, 1.165) is 29.5 Å². The number of rotatable bonds is 0. The number of anilines is 1. The molecule has 29 heavy (non-hydrogen) atoms. The minimum Gasteiger partial charge on any atom is -0.368 e. The monoisotopic (exact) mass is 414 g/mol. The molecule has 8 nitrogen and oxygen atoms in total. The molecule has 1 aliphatic rings. The fourth-order valence-electron chi connectivity index (χ4n) is 3.17. The SMILES string of the molecule is Cc1cc(C)c2cc1C(=O)NCCCCNC(=O)C(N)CSc1cc-2nc(N)n1. The van der Waals surface area contributed by atoms with E-state index in [1.54, 1.807) is 0 Å². The summed E-state index contributed by atoms with van der Waals surface area (Å²) in [6.07, 6.45) is 1.52. The summed E-state index contributed by atoms with van der Waals surface area (Å²) in [7, 11) is 0. The molecule has 154 valence electrons. The molecule has 6 N–H and O–H groups in total. The Balaban J connectivity index is 2.01. The van der Waals surface area contributed by atoms with Gasteiger partial charge in [0, 0.05) is 30.0 Å². The van der Waals surface area contributed by atoms with Gasteiger partial charge in [0.2, 0.25) is 11.9 Å². The van der Waals surface area contributed by atoms with Gasteiger partial charge in [0.25, 0.3) is 5.91 Å². The third-order valence-corrected chi connectivity index (χ3v) is 5.78. The maximum atomic E-state index is 12.7. The van der Waals surface area contributed by atoms with E-state index in [1.807, 2.05) is 32.0 Å². The topological polar surface area (TPSA) is 136 Å². The van der Waals surface area contributed by atoms with Crippen LogP contribution in [0.2, 0.25) is 0 Å². The lowest BCUT2D eigenvalue weighted by molar-refractivity contribution is -0.121. The number of carbonyl (C=O) groups is 2. The number of nitrogens with one attached hydrogen (secondary N) is 2. The number of fused-ring (bicyclic) bond motifs is 5. The van der Waals surface area contributed by atoms with E-state index >= 15 is 0 Å².